The molecule has 55 heavy (non-hydrogen) atoms. The van der Waals surface area contributed by atoms with Gasteiger partial charge in [-0.25, -0.2) is 9.78 Å². The number of hydrogen-bond donors (Lipinski definition) is 6. The number of aliphatic hydroxyl groups excluding tert-OH is 3. The van der Waals surface area contributed by atoms with Crippen molar-refractivity contribution in [3.63, 3.8) is 0 Å². The molecule has 2 amide bonds. The molecule has 1 saturated heterocycles. The van der Waals surface area contributed by atoms with E-state index in [0.29, 0.717) is 25.3 Å². The third kappa shape index (κ3) is 6.09. The monoisotopic (exact) mass is 816 g/mol. The number of carboxylic acid groups (broad SMARTS) is 2. The van der Waals surface area contributed by atoms with Crippen LogP contribution < -0.4 is 16.2 Å². The summed E-state index contributed by atoms with van der Waals surface area (Å²) in [4.78, 5) is 68.0. The summed E-state index contributed by atoms with van der Waals surface area (Å²) in [5.74, 6) is -4.59. The average molecular weight is 817 g/mol. The highest BCUT2D eigenvalue weighted by Crippen LogP contribution is 2.75. The van der Waals surface area contributed by atoms with E-state index in [1.807, 2.05) is 0 Å². The molecule has 0 aromatic carbocycles. The minimum atomic E-state index is -1.85. The number of thiazole rings is 1. The number of anilines is 1. The summed E-state index contributed by atoms with van der Waals surface area (Å²) >= 11 is 8.83. The fourth-order valence-corrected chi connectivity index (χ4v) is 12.1. The summed E-state index contributed by atoms with van der Waals surface area (Å²) in [7, 11) is 0. The number of oxime groups is 1. The highest BCUT2D eigenvalue weighted by Gasteiger charge is 2.69. The Bertz CT molecular complexity index is 2030. The number of aliphatic carboxylic acids is 2. The van der Waals surface area contributed by atoms with Crippen molar-refractivity contribution in [2.75, 3.05) is 12.3 Å². The van der Waals surface area contributed by atoms with Crippen LogP contribution in [-0.4, -0.2) is 112 Å². The van der Waals surface area contributed by atoms with Gasteiger partial charge in [-0.3, -0.25) is 24.8 Å². The Kier molecular flexibility index (Phi) is 9.26. The van der Waals surface area contributed by atoms with Crippen LogP contribution >= 0.6 is 34.7 Å². The molecular weight excluding hydrogens is 778 g/mol. The number of amides is 2. The number of fused-ring (bicyclic) bond motifs is 6. The van der Waals surface area contributed by atoms with Crippen LogP contribution in [0.3, 0.4) is 0 Å². The number of aliphatic hydroxyl groups is 3. The number of carbonyl (C=O) groups is 4. The van der Waals surface area contributed by atoms with Crippen LogP contribution in [-0.2, 0) is 24.0 Å². The lowest BCUT2D eigenvalue weighted by Crippen LogP contribution is -2.72. The van der Waals surface area contributed by atoms with Crippen LogP contribution in [0, 0.1) is 29.1 Å². The topological polar surface area (TPSA) is 264 Å². The predicted octanol–water partition coefficient (Wildman–Crippen LogP) is 1.41. The van der Waals surface area contributed by atoms with Crippen LogP contribution in [0.4, 0.5) is 5.13 Å². The number of carboxylic acids is 2. The summed E-state index contributed by atoms with van der Waals surface area (Å²) in [6.07, 6.45) is 5.93. The van der Waals surface area contributed by atoms with Crippen molar-refractivity contribution in [2.45, 2.75) is 86.9 Å². The number of rotatable bonds is 12. The number of nitrogen functional groups attached to an aromatic ring is 1. The van der Waals surface area contributed by atoms with Crippen LogP contribution in [0.5, 0.6) is 0 Å². The van der Waals surface area contributed by atoms with Crippen molar-refractivity contribution in [3.05, 3.63) is 45.0 Å². The molecule has 6 unspecified atom stereocenters. The van der Waals surface area contributed by atoms with Gasteiger partial charge in [-0.15, -0.1) is 23.1 Å². The highest BCUT2D eigenvalue weighted by atomic mass is 35.5. The third-order valence-electron chi connectivity index (χ3n) is 12.3. The van der Waals surface area contributed by atoms with Crippen molar-refractivity contribution in [2.24, 2.45) is 39.2 Å². The lowest BCUT2D eigenvalue weighted by Gasteiger charge is -2.53. The van der Waals surface area contributed by atoms with Crippen molar-refractivity contribution in [1.29, 1.82) is 0 Å². The fourth-order valence-electron chi connectivity index (χ4n) is 9.43. The molecule has 4 fully saturated rings. The molecule has 2 bridgehead atoms. The van der Waals surface area contributed by atoms with Crippen molar-refractivity contribution in [3.8, 4) is 0 Å². The van der Waals surface area contributed by atoms with Crippen molar-refractivity contribution in [1.82, 2.24) is 20.1 Å². The fraction of sp³-hybridized carbons (Fsp3) is 0.571. The normalized spacial score (nSPS) is 34.3. The molecule has 7 N–H and O–H groups in total. The number of nitrogens with one attached hydrogen (secondary N) is 1. The van der Waals surface area contributed by atoms with E-state index < -0.39 is 64.6 Å². The van der Waals surface area contributed by atoms with Gasteiger partial charge in [-0.2, -0.15) is 0 Å². The van der Waals surface area contributed by atoms with Gasteiger partial charge in [0.15, 0.2) is 28.5 Å². The summed E-state index contributed by atoms with van der Waals surface area (Å²) in [5.41, 5.74) is 4.59. The Labute approximate surface area is 327 Å². The maximum Gasteiger partial charge on any atom is 0.352 e. The van der Waals surface area contributed by atoms with Gasteiger partial charge in [0.05, 0.1) is 23.4 Å². The molecule has 4 aliphatic carbocycles. The number of aliphatic imine (C=N–C) groups is 1. The van der Waals surface area contributed by atoms with Gasteiger partial charge in [0, 0.05) is 17.2 Å². The first-order valence-electron chi connectivity index (χ1n) is 18.0. The average Bonchev–Trinajstić information content (AvgIpc) is 3.59. The molecular formula is C35H39ClN7O10S2-. The van der Waals surface area contributed by atoms with E-state index in [1.165, 1.54) is 53.2 Å². The van der Waals surface area contributed by atoms with Crippen molar-refractivity contribution >= 4 is 75.6 Å². The summed E-state index contributed by atoms with van der Waals surface area (Å²) in [6.45, 7) is 2.84. The largest absolute Gasteiger partial charge is 0.546 e. The Balaban J connectivity index is 0.965. The number of carbonyl (C=O) groups excluding carboxylic acids is 3. The number of nitrogens with two attached hydrogens (primary N) is 1. The number of thioether (sulfide) groups is 1. The van der Waals surface area contributed by atoms with Gasteiger partial charge in [0.2, 0.25) is 11.8 Å². The molecule has 20 heteroatoms. The Morgan fingerprint density at radius 3 is 2.73 bits per heavy atom. The third-order valence-corrected chi connectivity index (χ3v) is 15.1. The lowest BCUT2D eigenvalue weighted by molar-refractivity contribution is -0.325. The smallest absolute Gasteiger partial charge is 0.352 e. The number of β-lactam (4-membered cyclic amide) rings is 1. The van der Waals surface area contributed by atoms with E-state index in [9.17, 15) is 44.7 Å². The van der Waals surface area contributed by atoms with E-state index in [0.717, 1.165) is 42.6 Å². The van der Waals surface area contributed by atoms with Crippen LogP contribution in [0.25, 0.3) is 0 Å². The molecule has 0 spiro atoms. The lowest BCUT2D eigenvalue weighted by atomic mass is 9.74. The first-order valence-corrected chi connectivity index (χ1v) is 20.2. The molecule has 3 saturated carbocycles. The molecule has 7 aliphatic rings. The quantitative estimate of drug-likeness (QED) is 0.0755. The summed E-state index contributed by atoms with van der Waals surface area (Å²) < 4.78 is 0. The van der Waals surface area contributed by atoms with Crippen LogP contribution in [0.2, 0.25) is 0 Å². The number of aromatic nitrogens is 1. The van der Waals surface area contributed by atoms with Crippen LogP contribution in [0.15, 0.2) is 49.4 Å². The van der Waals surface area contributed by atoms with Gasteiger partial charge < -0.3 is 45.8 Å². The van der Waals surface area contributed by atoms with Crippen LogP contribution in [0.1, 0.15) is 58.1 Å². The summed E-state index contributed by atoms with van der Waals surface area (Å²) in [5, 5.41) is 60.9. The van der Waals surface area contributed by atoms with Gasteiger partial charge in [0.25, 0.3) is 0 Å². The molecule has 294 valence electrons. The molecule has 4 heterocycles. The number of hydrogen-bond acceptors (Lipinski definition) is 16. The van der Waals surface area contributed by atoms with Crippen molar-refractivity contribution < 1.29 is 49.5 Å². The first kappa shape index (κ1) is 37.7. The Morgan fingerprint density at radius 2 is 2.04 bits per heavy atom. The zero-order valence-electron chi connectivity index (χ0n) is 29.6. The van der Waals surface area contributed by atoms with Gasteiger partial charge in [-0.05, 0) is 87.2 Å². The predicted molar refractivity (Wildman–Crippen MR) is 197 cm³/mol. The van der Waals surface area contributed by atoms with E-state index in [2.05, 4.69) is 20.4 Å². The first-order chi connectivity index (χ1) is 26.0. The van der Waals surface area contributed by atoms with Gasteiger partial charge >= 0.3 is 5.97 Å². The second-order valence-electron chi connectivity index (χ2n) is 15.6. The van der Waals surface area contributed by atoms with E-state index in [4.69, 9.17) is 22.2 Å². The molecule has 17 nitrogen and oxygen atoms in total. The minimum Gasteiger partial charge on any atom is -0.546 e. The Hall–Kier alpha value is -4.17. The number of halogens is 1. The maximum atomic E-state index is 13.7. The second kappa shape index (κ2) is 13.5. The molecule has 0 radical (unpaired) electrons. The minimum absolute atomic E-state index is 0.00259. The van der Waals surface area contributed by atoms with E-state index >= 15 is 0 Å². The zero-order chi connectivity index (χ0) is 39.3. The highest BCUT2D eigenvalue weighted by molar-refractivity contribution is 8.01. The standard InChI is InChI=1S/C35H40ClN7O10S2/c1-34(2,32(51)52)53-41-22(18-11-54-33(37)39-18)27(46)40-23-29(48)43-24(31(49)50)14-9-16-15-8-13(26(14)55-30(23)43)4-6-35(15,16)5-3-7-42-12-38-17-10-19(44)25(45)21(36)20(17)28(42)47/h10-13,15-17,20,23,26-27,30,40,44-46H,3-9H2,1-2H3,(H2,37,39)(H,49,50)(H,51,52)/p-1/b41-22-/t13?,15-,16?,17?,20?,23+,26-,27?,30+,35?/m0/s1. The molecule has 8 rings (SSSR count). The van der Waals surface area contributed by atoms with Gasteiger partial charge in [-0.1, -0.05) is 16.8 Å². The molecule has 1 aromatic heterocycles. The second-order valence-corrected chi connectivity index (χ2v) is 18.2. The van der Waals surface area contributed by atoms with Gasteiger partial charge in [0.1, 0.15) is 34.4 Å². The molecule has 3 aliphatic heterocycles. The van der Waals surface area contributed by atoms with E-state index in [1.54, 1.807) is 0 Å². The Morgan fingerprint density at radius 1 is 1.27 bits per heavy atom. The molecule has 1 aromatic rings. The van der Waals surface area contributed by atoms with E-state index in [-0.39, 0.29) is 55.7 Å². The SMILES string of the molecule is CC(C)(O/N=C(/c1csc(N)n1)C(O)N[C@@H]1C(=O)N2C(C(=O)O)=C3CC4[C@@H]5CC(CCC45CCCN4C=NC5C=C(O)C(O)=C(Cl)C5C4=O)[C@@H]3S[C@H]12)C(=O)[O-]. The maximum absolute atomic E-state index is 13.7. The molecule has 10 atom stereocenters. The summed E-state index contributed by atoms with van der Waals surface area (Å²) in [6, 6.07) is -1.68. The zero-order valence-corrected chi connectivity index (χ0v) is 32.0. The number of nitrogens with zero attached hydrogens (tertiary/aromatic N) is 5.